The molecule has 1 aromatic rings. The first-order chi connectivity index (χ1) is 11.0. The van der Waals surface area contributed by atoms with E-state index in [-0.39, 0.29) is 21.4 Å². The molecule has 1 saturated heterocycles. The van der Waals surface area contributed by atoms with Gasteiger partial charge >= 0.3 is 5.97 Å². The summed E-state index contributed by atoms with van der Waals surface area (Å²) in [6.45, 7) is -0.477. The molecule has 1 fully saturated rings. The molecule has 8 heteroatoms. The van der Waals surface area contributed by atoms with E-state index in [0.29, 0.717) is 11.3 Å². The van der Waals surface area contributed by atoms with E-state index in [1.165, 1.54) is 6.08 Å². The summed E-state index contributed by atoms with van der Waals surface area (Å²) in [5, 5.41) is 8.81. The van der Waals surface area contributed by atoms with Crippen molar-refractivity contribution in [2.24, 2.45) is 0 Å². The van der Waals surface area contributed by atoms with Gasteiger partial charge in [-0.2, -0.15) is 0 Å². The lowest BCUT2D eigenvalue weighted by Gasteiger charge is -2.23. The van der Waals surface area contributed by atoms with Crippen molar-refractivity contribution in [3.63, 3.8) is 0 Å². The van der Waals surface area contributed by atoms with Crippen LogP contribution in [-0.4, -0.2) is 44.6 Å². The minimum absolute atomic E-state index is 0.0610. The van der Waals surface area contributed by atoms with Crippen LogP contribution in [0.1, 0.15) is 16.8 Å². The monoisotopic (exact) mass is 349 g/mol. The van der Waals surface area contributed by atoms with Crippen LogP contribution >= 0.6 is 24.0 Å². The molecule has 2 aliphatic rings. The molecular weight excluding hydrogens is 338 g/mol. The summed E-state index contributed by atoms with van der Waals surface area (Å²) in [6, 6.07) is 6.92. The fourth-order valence-electron chi connectivity index (χ4n) is 2.34. The Morgan fingerprint density at radius 2 is 2.17 bits per heavy atom. The summed E-state index contributed by atoms with van der Waals surface area (Å²) < 4.78 is 5.91. The van der Waals surface area contributed by atoms with Gasteiger partial charge in [0.1, 0.15) is 22.7 Å². The molecule has 2 heterocycles. The summed E-state index contributed by atoms with van der Waals surface area (Å²) in [4.78, 5) is 36.4. The molecule has 0 aromatic heterocycles. The molecule has 0 saturated carbocycles. The lowest BCUT2D eigenvalue weighted by molar-refractivity contribution is -0.140. The summed E-state index contributed by atoms with van der Waals surface area (Å²) >= 11 is 6.04. The van der Waals surface area contributed by atoms with Crippen molar-refractivity contribution in [2.75, 3.05) is 6.54 Å². The molecular formula is C15H11NO5S2. The number of amides is 1. The standard InChI is InChI=1S/C15H11NO5S2/c17-10-5-8(21-11-4-2-1-3-9(10)11)6-12-14(20)16(7-13(18)19)15(22)23-12/h1-4,6,8H,5,7H2,(H,18,19). The molecule has 1 atom stereocenters. The third-order valence-corrected chi connectivity index (χ3v) is 4.75. The number of carboxylic acids is 1. The van der Waals surface area contributed by atoms with Crippen LogP contribution < -0.4 is 4.74 Å². The minimum atomic E-state index is -1.14. The van der Waals surface area contributed by atoms with Crippen LogP contribution in [-0.2, 0) is 9.59 Å². The Morgan fingerprint density at radius 3 is 2.91 bits per heavy atom. The predicted octanol–water partition coefficient (Wildman–Crippen LogP) is 1.85. The molecule has 1 N–H and O–H groups in total. The largest absolute Gasteiger partial charge is 0.485 e. The van der Waals surface area contributed by atoms with Crippen LogP contribution in [0, 0.1) is 0 Å². The van der Waals surface area contributed by atoms with Crippen molar-refractivity contribution in [1.82, 2.24) is 4.90 Å². The average molecular weight is 349 g/mol. The third kappa shape index (κ3) is 3.13. The van der Waals surface area contributed by atoms with Crippen molar-refractivity contribution >= 4 is 46.0 Å². The zero-order chi connectivity index (χ0) is 16.6. The molecule has 23 heavy (non-hydrogen) atoms. The van der Waals surface area contributed by atoms with E-state index in [2.05, 4.69) is 0 Å². The number of carboxylic acid groups (broad SMARTS) is 1. The second-order valence-electron chi connectivity index (χ2n) is 4.96. The number of Topliss-reactive ketones (excluding diaryl/α,β-unsaturated/α-hetero) is 1. The van der Waals surface area contributed by atoms with Gasteiger partial charge in [0.15, 0.2) is 5.78 Å². The number of thioether (sulfide) groups is 1. The van der Waals surface area contributed by atoms with Gasteiger partial charge < -0.3 is 9.84 Å². The zero-order valence-electron chi connectivity index (χ0n) is 11.7. The quantitative estimate of drug-likeness (QED) is 0.658. The molecule has 2 aliphatic heterocycles. The van der Waals surface area contributed by atoms with E-state index in [9.17, 15) is 14.4 Å². The summed E-state index contributed by atoms with van der Waals surface area (Å²) in [7, 11) is 0. The highest BCUT2D eigenvalue weighted by atomic mass is 32.2. The summed E-state index contributed by atoms with van der Waals surface area (Å²) in [6.07, 6.45) is 1.09. The molecule has 6 nitrogen and oxygen atoms in total. The number of benzene rings is 1. The van der Waals surface area contributed by atoms with Gasteiger partial charge in [0, 0.05) is 0 Å². The van der Waals surface area contributed by atoms with Crippen LogP contribution in [0.5, 0.6) is 5.75 Å². The number of ketones is 1. The second-order valence-corrected chi connectivity index (χ2v) is 6.64. The number of fused-ring (bicyclic) bond motifs is 1. The maximum Gasteiger partial charge on any atom is 0.323 e. The molecule has 3 rings (SSSR count). The Hall–Kier alpha value is -2.19. The van der Waals surface area contributed by atoms with Crippen LogP contribution in [0.25, 0.3) is 0 Å². The number of aliphatic carboxylic acids is 1. The van der Waals surface area contributed by atoms with E-state index >= 15 is 0 Å². The molecule has 0 bridgehead atoms. The number of hydrogen-bond acceptors (Lipinski definition) is 6. The number of ether oxygens (including phenoxy) is 1. The molecule has 118 valence electrons. The molecule has 1 unspecified atom stereocenters. The summed E-state index contributed by atoms with van der Waals surface area (Å²) in [5.41, 5.74) is 0.524. The first-order valence-electron chi connectivity index (χ1n) is 6.72. The number of nitrogens with zero attached hydrogens (tertiary/aromatic N) is 1. The Kier molecular flexibility index (Phi) is 4.18. The summed E-state index contributed by atoms with van der Waals surface area (Å²) in [5.74, 6) is -1.20. The molecule has 1 aromatic carbocycles. The molecule has 0 radical (unpaired) electrons. The minimum Gasteiger partial charge on any atom is -0.485 e. The van der Waals surface area contributed by atoms with Crippen LogP contribution in [0.15, 0.2) is 35.2 Å². The molecule has 0 aliphatic carbocycles. The van der Waals surface area contributed by atoms with Gasteiger partial charge in [-0.3, -0.25) is 19.3 Å². The van der Waals surface area contributed by atoms with Gasteiger partial charge in [-0.25, -0.2) is 0 Å². The van der Waals surface area contributed by atoms with Crippen LogP contribution in [0.4, 0.5) is 0 Å². The van der Waals surface area contributed by atoms with Gasteiger partial charge in [-0.1, -0.05) is 36.1 Å². The van der Waals surface area contributed by atoms with Gasteiger partial charge in [0.05, 0.1) is 16.9 Å². The highest BCUT2D eigenvalue weighted by Gasteiger charge is 2.35. The first-order valence-corrected chi connectivity index (χ1v) is 7.94. The third-order valence-electron chi connectivity index (χ3n) is 3.36. The molecule has 1 amide bonds. The Labute approximate surface area is 141 Å². The van der Waals surface area contributed by atoms with E-state index in [4.69, 9.17) is 22.1 Å². The van der Waals surface area contributed by atoms with E-state index in [1.807, 2.05) is 0 Å². The highest BCUT2D eigenvalue weighted by Crippen LogP contribution is 2.34. The van der Waals surface area contributed by atoms with Crippen molar-refractivity contribution in [3.8, 4) is 5.75 Å². The van der Waals surface area contributed by atoms with E-state index in [1.54, 1.807) is 24.3 Å². The average Bonchev–Trinajstić information content (AvgIpc) is 2.74. The fourth-order valence-corrected chi connectivity index (χ4v) is 3.62. The SMILES string of the molecule is O=C(O)CN1C(=O)C(=CC2CC(=O)c3ccccc3O2)SC1=S. The number of hydrogen-bond donors (Lipinski definition) is 1. The Bertz CT molecular complexity index is 758. The predicted molar refractivity (Wildman–Crippen MR) is 87.4 cm³/mol. The topological polar surface area (TPSA) is 83.9 Å². The van der Waals surface area contributed by atoms with Crippen molar-refractivity contribution in [1.29, 1.82) is 0 Å². The number of carbonyl (C=O) groups is 3. The van der Waals surface area contributed by atoms with Gasteiger partial charge in [-0.05, 0) is 18.2 Å². The number of rotatable bonds is 3. The van der Waals surface area contributed by atoms with Crippen molar-refractivity contribution in [3.05, 3.63) is 40.8 Å². The second kappa shape index (κ2) is 6.13. The van der Waals surface area contributed by atoms with Gasteiger partial charge in [-0.15, -0.1) is 0 Å². The zero-order valence-corrected chi connectivity index (χ0v) is 13.4. The number of thiocarbonyl (C=S) groups is 1. The van der Waals surface area contributed by atoms with E-state index < -0.39 is 24.5 Å². The maximum atomic E-state index is 12.2. The van der Waals surface area contributed by atoms with Gasteiger partial charge in [0.25, 0.3) is 5.91 Å². The van der Waals surface area contributed by atoms with Crippen molar-refractivity contribution in [2.45, 2.75) is 12.5 Å². The Balaban J connectivity index is 1.81. The van der Waals surface area contributed by atoms with E-state index in [0.717, 1.165) is 16.7 Å². The number of para-hydroxylation sites is 1. The Morgan fingerprint density at radius 1 is 1.43 bits per heavy atom. The maximum absolute atomic E-state index is 12.2. The van der Waals surface area contributed by atoms with Crippen LogP contribution in [0.3, 0.4) is 0 Å². The fraction of sp³-hybridized carbons (Fsp3) is 0.200. The normalized spacial score (nSPS) is 22.3. The van der Waals surface area contributed by atoms with Crippen molar-refractivity contribution < 1.29 is 24.2 Å². The van der Waals surface area contributed by atoms with Gasteiger partial charge in [0.2, 0.25) is 0 Å². The number of carbonyl (C=O) groups excluding carboxylic acids is 2. The smallest absolute Gasteiger partial charge is 0.323 e. The lowest BCUT2D eigenvalue weighted by Crippen LogP contribution is -2.33. The molecule has 0 spiro atoms. The lowest BCUT2D eigenvalue weighted by atomic mass is 10.0. The first kappa shape index (κ1) is 15.7. The highest BCUT2D eigenvalue weighted by molar-refractivity contribution is 8.26. The van der Waals surface area contributed by atoms with Crippen LogP contribution in [0.2, 0.25) is 0 Å².